The summed E-state index contributed by atoms with van der Waals surface area (Å²) in [6.45, 7) is 1.84. The molecule has 0 aromatic rings. The third-order valence-corrected chi connectivity index (χ3v) is 1.80. The molecule has 0 bridgehead atoms. The second-order valence-electron chi connectivity index (χ2n) is 2.89. The van der Waals surface area contributed by atoms with E-state index in [0.717, 1.165) is 38.2 Å². The highest BCUT2D eigenvalue weighted by Crippen LogP contribution is 2.10. The van der Waals surface area contributed by atoms with Crippen molar-refractivity contribution >= 4 is 0 Å². The number of nitrogens with one attached hydrogen (secondary N) is 1. The maximum atomic E-state index is 5.52. The zero-order valence-electron chi connectivity index (χ0n) is 7.68. The van der Waals surface area contributed by atoms with Crippen molar-refractivity contribution in [3.63, 3.8) is 0 Å². The minimum atomic E-state index is 0.816. The summed E-state index contributed by atoms with van der Waals surface area (Å²) < 4.78 is 5.52. The molecule has 0 aromatic carbocycles. The van der Waals surface area contributed by atoms with Crippen LogP contribution in [0.25, 0.3) is 0 Å². The molecular formula is C10H17NO. The van der Waals surface area contributed by atoms with Gasteiger partial charge in [0.15, 0.2) is 0 Å². The van der Waals surface area contributed by atoms with E-state index < -0.39 is 0 Å². The van der Waals surface area contributed by atoms with E-state index in [1.807, 2.05) is 7.05 Å². The lowest BCUT2D eigenvalue weighted by atomic mass is 10.2. The standard InChI is InChI=1S/C10H17NO/c1-11-8-5-9-12-10-6-3-2-4-7-10/h3,6-7,11H,2,4-5,8-9H2,1H3. The SMILES string of the molecule is CNCCCOC1=CCCC=C1. The molecule has 0 atom stereocenters. The van der Waals surface area contributed by atoms with Crippen LogP contribution in [0.4, 0.5) is 0 Å². The first-order chi connectivity index (χ1) is 5.93. The monoisotopic (exact) mass is 167 g/mol. The summed E-state index contributed by atoms with van der Waals surface area (Å²) >= 11 is 0. The Morgan fingerprint density at radius 3 is 3.08 bits per heavy atom. The van der Waals surface area contributed by atoms with Gasteiger partial charge in [0.05, 0.1) is 6.61 Å². The van der Waals surface area contributed by atoms with Gasteiger partial charge in [-0.05, 0) is 45.0 Å². The van der Waals surface area contributed by atoms with Crippen LogP contribution in [0.2, 0.25) is 0 Å². The second kappa shape index (κ2) is 5.84. The lowest BCUT2D eigenvalue weighted by Crippen LogP contribution is -2.10. The molecule has 68 valence electrons. The van der Waals surface area contributed by atoms with Crippen molar-refractivity contribution in [2.75, 3.05) is 20.2 Å². The fourth-order valence-electron chi connectivity index (χ4n) is 1.14. The van der Waals surface area contributed by atoms with Crippen molar-refractivity contribution in [3.05, 3.63) is 24.0 Å². The first-order valence-corrected chi connectivity index (χ1v) is 4.57. The molecule has 0 fully saturated rings. The molecule has 0 amide bonds. The van der Waals surface area contributed by atoms with Crippen molar-refractivity contribution in [3.8, 4) is 0 Å². The molecule has 0 heterocycles. The van der Waals surface area contributed by atoms with Crippen LogP contribution in [0.15, 0.2) is 24.0 Å². The highest BCUT2D eigenvalue weighted by atomic mass is 16.5. The summed E-state index contributed by atoms with van der Waals surface area (Å²) in [7, 11) is 1.96. The lowest BCUT2D eigenvalue weighted by molar-refractivity contribution is 0.218. The van der Waals surface area contributed by atoms with Gasteiger partial charge in [0, 0.05) is 0 Å². The maximum Gasteiger partial charge on any atom is 0.115 e. The van der Waals surface area contributed by atoms with Gasteiger partial charge in [-0.15, -0.1) is 0 Å². The summed E-state index contributed by atoms with van der Waals surface area (Å²) in [5, 5.41) is 3.09. The Hall–Kier alpha value is -0.760. The van der Waals surface area contributed by atoms with Crippen LogP contribution in [0, 0.1) is 0 Å². The van der Waals surface area contributed by atoms with Gasteiger partial charge in [-0.2, -0.15) is 0 Å². The molecule has 2 heteroatoms. The maximum absolute atomic E-state index is 5.52. The summed E-state index contributed by atoms with van der Waals surface area (Å²) in [5.41, 5.74) is 0. The van der Waals surface area contributed by atoms with Crippen LogP contribution in [-0.2, 0) is 4.74 Å². The van der Waals surface area contributed by atoms with Crippen molar-refractivity contribution < 1.29 is 4.74 Å². The highest BCUT2D eigenvalue weighted by Gasteiger charge is 1.96. The van der Waals surface area contributed by atoms with Gasteiger partial charge < -0.3 is 10.1 Å². The van der Waals surface area contributed by atoms with Crippen LogP contribution in [0.3, 0.4) is 0 Å². The summed E-state index contributed by atoms with van der Waals surface area (Å²) in [6, 6.07) is 0. The molecule has 1 N–H and O–H groups in total. The number of hydrogen-bond acceptors (Lipinski definition) is 2. The molecule has 0 saturated carbocycles. The Morgan fingerprint density at radius 2 is 2.42 bits per heavy atom. The Labute approximate surface area is 74.3 Å². The number of rotatable bonds is 5. The lowest BCUT2D eigenvalue weighted by Gasteiger charge is -2.09. The van der Waals surface area contributed by atoms with Gasteiger partial charge in [-0.3, -0.25) is 0 Å². The largest absolute Gasteiger partial charge is 0.494 e. The third kappa shape index (κ3) is 3.58. The van der Waals surface area contributed by atoms with Crippen molar-refractivity contribution in [2.24, 2.45) is 0 Å². The molecule has 1 rings (SSSR count). The fraction of sp³-hybridized carbons (Fsp3) is 0.600. The molecule has 0 aliphatic heterocycles. The quantitative estimate of drug-likeness (QED) is 0.631. The zero-order chi connectivity index (χ0) is 8.65. The summed E-state index contributed by atoms with van der Waals surface area (Å²) in [5.74, 6) is 1.04. The zero-order valence-corrected chi connectivity index (χ0v) is 7.68. The van der Waals surface area contributed by atoms with E-state index in [2.05, 4.69) is 23.5 Å². The van der Waals surface area contributed by atoms with E-state index in [0.29, 0.717) is 0 Å². The topological polar surface area (TPSA) is 21.3 Å². The molecule has 12 heavy (non-hydrogen) atoms. The highest BCUT2D eigenvalue weighted by molar-refractivity contribution is 5.15. The Bertz CT molecular complexity index is 173. The van der Waals surface area contributed by atoms with Gasteiger partial charge in [-0.25, -0.2) is 0 Å². The second-order valence-corrected chi connectivity index (χ2v) is 2.89. The number of allylic oxidation sites excluding steroid dienone is 3. The van der Waals surface area contributed by atoms with E-state index in [1.165, 1.54) is 0 Å². The number of ether oxygens (including phenoxy) is 1. The Balaban J connectivity index is 2.06. The van der Waals surface area contributed by atoms with Crippen molar-refractivity contribution in [1.29, 1.82) is 0 Å². The van der Waals surface area contributed by atoms with Gasteiger partial charge in [-0.1, -0.05) is 6.08 Å². The molecule has 0 unspecified atom stereocenters. The number of hydrogen-bond donors (Lipinski definition) is 1. The van der Waals surface area contributed by atoms with Gasteiger partial charge in [0.25, 0.3) is 0 Å². The molecule has 0 radical (unpaired) electrons. The molecule has 0 spiro atoms. The first-order valence-electron chi connectivity index (χ1n) is 4.57. The van der Waals surface area contributed by atoms with E-state index in [4.69, 9.17) is 4.74 Å². The summed E-state index contributed by atoms with van der Waals surface area (Å²) in [4.78, 5) is 0. The Kier molecular flexibility index (Phi) is 4.54. The molecule has 2 nitrogen and oxygen atoms in total. The molecular weight excluding hydrogens is 150 g/mol. The third-order valence-electron chi connectivity index (χ3n) is 1.80. The summed E-state index contributed by atoms with van der Waals surface area (Å²) in [6.07, 6.45) is 9.72. The molecule has 0 aromatic heterocycles. The molecule has 1 aliphatic rings. The average Bonchev–Trinajstić information content (AvgIpc) is 2.14. The van der Waals surface area contributed by atoms with Crippen LogP contribution in [0.1, 0.15) is 19.3 Å². The van der Waals surface area contributed by atoms with E-state index in [9.17, 15) is 0 Å². The minimum absolute atomic E-state index is 0.816. The average molecular weight is 167 g/mol. The molecule has 1 aliphatic carbocycles. The predicted molar refractivity (Wildman–Crippen MR) is 51.0 cm³/mol. The van der Waals surface area contributed by atoms with E-state index in [-0.39, 0.29) is 0 Å². The molecule has 0 saturated heterocycles. The van der Waals surface area contributed by atoms with Crippen molar-refractivity contribution in [2.45, 2.75) is 19.3 Å². The van der Waals surface area contributed by atoms with Gasteiger partial charge in [0.1, 0.15) is 5.76 Å². The van der Waals surface area contributed by atoms with Crippen LogP contribution in [-0.4, -0.2) is 20.2 Å². The van der Waals surface area contributed by atoms with Gasteiger partial charge >= 0.3 is 0 Å². The van der Waals surface area contributed by atoms with Crippen LogP contribution >= 0.6 is 0 Å². The van der Waals surface area contributed by atoms with Crippen LogP contribution in [0.5, 0.6) is 0 Å². The fourth-order valence-corrected chi connectivity index (χ4v) is 1.14. The van der Waals surface area contributed by atoms with Gasteiger partial charge in [0.2, 0.25) is 0 Å². The first kappa shape index (κ1) is 9.33. The van der Waals surface area contributed by atoms with E-state index >= 15 is 0 Å². The van der Waals surface area contributed by atoms with Crippen LogP contribution < -0.4 is 5.32 Å². The minimum Gasteiger partial charge on any atom is -0.494 e. The van der Waals surface area contributed by atoms with Crippen molar-refractivity contribution in [1.82, 2.24) is 5.32 Å². The van der Waals surface area contributed by atoms with E-state index in [1.54, 1.807) is 0 Å². The predicted octanol–water partition coefficient (Wildman–Crippen LogP) is 1.85. The smallest absolute Gasteiger partial charge is 0.115 e. The Morgan fingerprint density at radius 1 is 1.50 bits per heavy atom. The normalized spacial score (nSPS) is 15.9.